The lowest BCUT2D eigenvalue weighted by Gasteiger charge is -2.43. The van der Waals surface area contributed by atoms with Gasteiger partial charge in [-0.1, -0.05) is 94.5 Å². The molecule has 0 aromatic heterocycles. The Labute approximate surface area is 432 Å². The number of methoxy groups -OCH3 is 1. The van der Waals surface area contributed by atoms with E-state index in [1.807, 2.05) is 81.5 Å². The van der Waals surface area contributed by atoms with E-state index in [9.17, 15) is 39.3 Å². The highest BCUT2D eigenvalue weighted by atomic mass is 16.6. The van der Waals surface area contributed by atoms with E-state index in [0.29, 0.717) is 82.8 Å². The van der Waals surface area contributed by atoms with Gasteiger partial charge in [0.2, 0.25) is 5.79 Å². The Hall–Kier alpha value is -4.19. The molecule has 4 heterocycles. The van der Waals surface area contributed by atoms with Crippen LogP contribution in [0.5, 0.6) is 0 Å². The zero-order valence-corrected chi connectivity index (χ0v) is 44.1. The number of aliphatic hydroxyl groups excluding tert-OH is 2. The van der Waals surface area contributed by atoms with Gasteiger partial charge in [-0.25, -0.2) is 4.79 Å². The second-order valence-electron chi connectivity index (χ2n) is 21.3. The van der Waals surface area contributed by atoms with Crippen LogP contribution in [-0.4, -0.2) is 144 Å². The van der Waals surface area contributed by atoms with Crippen LogP contribution in [0.3, 0.4) is 0 Å². The van der Waals surface area contributed by atoms with Crippen molar-refractivity contribution in [3.63, 3.8) is 0 Å². The van der Waals surface area contributed by atoms with Crippen molar-refractivity contribution in [3.05, 3.63) is 83.5 Å². The first-order valence-corrected chi connectivity index (χ1v) is 27.0. The summed E-state index contributed by atoms with van der Waals surface area (Å²) in [5, 5.41) is 32.9. The molecule has 0 spiro atoms. The number of benzene rings is 1. The molecular formula is C58H83NO14. The van der Waals surface area contributed by atoms with Crippen molar-refractivity contribution in [2.45, 2.75) is 179 Å². The molecule has 1 aliphatic carbocycles. The molecular weight excluding hydrogens is 935 g/mol. The van der Waals surface area contributed by atoms with Crippen LogP contribution in [-0.2, 0) is 58.8 Å². The van der Waals surface area contributed by atoms with Crippen LogP contribution >= 0.6 is 0 Å². The lowest BCUT2D eigenvalue weighted by Crippen LogP contribution is -2.61. The number of ketones is 3. The Bertz CT molecular complexity index is 2120. The summed E-state index contributed by atoms with van der Waals surface area (Å²) >= 11 is 0. The number of allylic oxidation sites excluding steroid dienone is 6. The van der Waals surface area contributed by atoms with E-state index < -0.39 is 77.8 Å². The summed E-state index contributed by atoms with van der Waals surface area (Å²) in [5.41, 5.74) is 2.45. The third-order valence-electron chi connectivity index (χ3n) is 15.9. The second kappa shape index (κ2) is 28.1. The molecule has 1 saturated carbocycles. The number of esters is 1. The molecule has 1 aromatic rings. The van der Waals surface area contributed by atoms with E-state index in [-0.39, 0.29) is 74.8 Å². The van der Waals surface area contributed by atoms with Crippen molar-refractivity contribution in [3.8, 4) is 0 Å². The van der Waals surface area contributed by atoms with Crippen LogP contribution in [0.15, 0.2) is 77.9 Å². The van der Waals surface area contributed by atoms with Gasteiger partial charge in [0.05, 0.1) is 50.8 Å². The smallest absolute Gasteiger partial charge is 0.329 e. The number of carbonyl (C=O) groups is 5. The monoisotopic (exact) mass is 1020 g/mol. The minimum Gasteiger partial charge on any atom is -0.460 e. The van der Waals surface area contributed by atoms with Gasteiger partial charge in [-0.3, -0.25) is 19.2 Å². The molecule has 15 nitrogen and oxygen atoms in total. The molecule has 3 saturated heterocycles. The van der Waals surface area contributed by atoms with Gasteiger partial charge in [0.1, 0.15) is 30.1 Å². The summed E-state index contributed by atoms with van der Waals surface area (Å²) in [6.07, 6.45) is 13.5. The van der Waals surface area contributed by atoms with Gasteiger partial charge in [0.15, 0.2) is 5.78 Å². The number of nitrogens with zero attached hydrogens (tertiary/aromatic N) is 1. The highest BCUT2D eigenvalue weighted by Crippen LogP contribution is 2.38. The topological polar surface area (TPSA) is 205 Å². The molecule has 1 amide bonds. The lowest BCUT2D eigenvalue weighted by molar-refractivity contribution is -0.266. The highest BCUT2D eigenvalue weighted by molar-refractivity contribution is 6.39. The molecule has 404 valence electrons. The molecule has 6 rings (SSSR count). The molecule has 3 N–H and O–H groups in total. The van der Waals surface area contributed by atoms with E-state index in [2.05, 4.69) is 0 Å². The van der Waals surface area contributed by atoms with Crippen LogP contribution in [0.1, 0.15) is 124 Å². The minimum absolute atomic E-state index is 0.0114. The first-order valence-electron chi connectivity index (χ1n) is 27.0. The maximum atomic E-state index is 14.6. The van der Waals surface area contributed by atoms with Gasteiger partial charge < -0.3 is 48.6 Å². The van der Waals surface area contributed by atoms with E-state index in [4.69, 9.17) is 28.4 Å². The van der Waals surface area contributed by atoms with Crippen molar-refractivity contribution in [1.29, 1.82) is 0 Å². The summed E-state index contributed by atoms with van der Waals surface area (Å²) in [5.74, 6) is -7.89. The average Bonchev–Trinajstić information content (AvgIpc) is 3.75. The standard InChI is InChI=1S/C58H83NO14/c1-37-17-11-8-7-9-12-18-38(2)52(62)54-53(63)44(36-71-54)32-39(3)47(61)35-50(40(4)31-43-23-25-48(70-30-28-60)51(33-43)68-6)72-57(66)46-21-15-16-27-59(46)56(65)55(64)58(67)41(5)22-24-45(73-58)34-49(37)69-29-26-42-19-13-10-14-20-42/h7-11,13-14,17,19-20,32,38-41,43,45-46,48-51,53-54,60,63,67H,12,15-16,18,21-31,33-36H2,1-6H3/b9-7+,11-8+,37-17+,44-32+/t38-,39-,40-,41-,43+,45+,46+,48-,49?,50+,51-,53-,54+,58-/m1/s1. The van der Waals surface area contributed by atoms with Crippen LogP contribution < -0.4 is 0 Å². The minimum atomic E-state index is -2.46. The SMILES string of the molecule is CO[C@@H]1C[C@H](C[C@@H](C)[C@@H]2CC(=O)[C@H](C)/C=C3\CO[C@@H](C(=O)[C@H](C)CC/C=C/C=C/C=C(\C)C(OCCc4ccccc4)C[C@@H]4CC[C@@H](C)[C@@](O)(O4)C(=O)C(=O)N4CCCC[C@H]4C(=O)O2)[C@@H]3O)CC[C@H]1OCCO. The Morgan fingerprint density at radius 3 is 2.42 bits per heavy atom. The maximum absolute atomic E-state index is 14.6. The molecule has 1 unspecified atom stereocenters. The number of carbonyl (C=O) groups excluding carboxylic acids is 5. The third kappa shape index (κ3) is 15.7. The number of fused-ring (bicyclic) bond motifs is 5. The van der Waals surface area contributed by atoms with Crippen molar-refractivity contribution >= 4 is 29.2 Å². The number of aliphatic hydroxyl groups is 3. The van der Waals surface area contributed by atoms with Gasteiger partial charge in [0, 0.05) is 44.2 Å². The quantitative estimate of drug-likeness (QED) is 0.117. The lowest BCUT2D eigenvalue weighted by atomic mass is 9.78. The van der Waals surface area contributed by atoms with Crippen LogP contribution in [0, 0.1) is 29.6 Å². The number of amides is 1. The highest BCUT2D eigenvalue weighted by Gasteiger charge is 2.53. The van der Waals surface area contributed by atoms with E-state index in [1.165, 1.54) is 4.90 Å². The predicted molar refractivity (Wildman–Crippen MR) is 274 cm³/mol. The molecule has 73 heavy (non-hydrogen) atoms. The maximum Gasteiger partial charge on any atom is 0.329 e. The van der Waals surface area contributed by atoms with Crippen molar-refractivity contribution in [2.24, 2.45) is 29.6 Å². The van der Waals surface area contributed by atoms with Crippen molar-refractivity contribution in [2.75, 3.05) is 40.1 Å². The Morgan fingerprint density at radius 2 is 1.67 bits per heavy atom. The Balaban J connectivity index is 1.27. The molecule has 4 fully saturated rings. The van der Waals surface area contributed by atoms with Crippen LogP contribution in [0.2, 0.25) is 0 Å². The Morgan fingerprint density at radius 1 is 0.890 bits per heavy atom. The number of piperidine rings is 1. The first kappa shape index (κ1) is 58.1. The average molecular weight is 1020 g/mol. The number of rotatable bonds is 11. The predicted octanol–water partition coefficient (Wildman–Crippen LogP) is 6.93. The fourth-order valence-electron chi connectivity index (χ4n) is 11.2. The molecule has 15 heteroatoms. The summed E-state index contributed by atoms with van der Waals surface area (Å²) in [6.45, 7) is 9.69. The Kier molecular flexibility index (Phi) is 22.3. The largest absolute Gasteiger partial charge is 0.460 e. The van der Waals surface area contributed by atoms with Crippen molar-refractivity contribution < 1.29 is 67.7 Å². The second-order valence-corrected chi connectivity index (χ2v) is 21.3. The van der Waals surface area contributed by atoms with Gasteiger partial charge in [0.25, 0.3) is 11.7 Å². The summed E-state index contributed by atoms with van der Waals surface area (Å²) in [7, 11) is 1.63. The molecule has 4 aliphatic heterocycles. The van der Waals surface area contributed by atoms with E-state index >= 15 is 0 Å². The third-order valence-corrected chi connectivity index (χ3v) is 15.9. The zero-order chi connectivity index (χ0) is 52.7. The van der Waals surface area contributed by atoms with Gasteiger partial charge in [-0.15, -0.1) is 0 Å². The fourth-order valence-corrected chi connectivity index (χ4v) is 11.2. The number of Topliss-reactive ketones (excluding diaryl/α,β-unsaturated/α-hetero) is 3. The van der Waals surface area contributed by atoms with E-state index in [1.54, 1.807) is 27.0 Å². The molecule has 4 bridgehead atoms. The van der Waals surface area contributed by atoms with E-state index in [0.717, 1.165) is 17.6 Å². The normalized spacial score (nSPS) is 36.8. The van der Waals surface area contributed by atoms with Crippen LogP contribution in [0.4, 0.5) is 0 Å². The number of hydrogen-bond acceptors (Lipinski definition) is 14. The summed E-state index contributed by atoms with van der Waals surface area (Å²) in [6, 6.07) is 8.84. The van der Waals surface area contributed by atoms with Crippen LogP contribution in [0.25, 0.3) is 0 Å². The number of hydrogen-bond donors (Lipinski definition) is 3. The van der Waals surface area contributed by atoms with Gasteiger partial charge in [-0.05, 0) is 113 Å². The molecule has 14 atom stereocenters. The number of cyclic esters (lactones) is 1. The number of ether oxygens (including phenoxy) is 6. The molecule has 0 radical (unpaired) electrons. The van der Waals surface area contributed by atoms with Crippen molar-refractivity contribution in [1.82, 2.24) is 4.90 Å². The van der Waals surface area contributed by atoms with Gasteiger partial charge in [-0.2, -0.15) is 0 Å². The fraction of sp³-hybridized carbons (Fsp3) is 0.672. The molecule has 1 aromatic carbocycles. The first-order chi connectivity index (χ1) is 35.0. The zero-order valence-electron chi connectivity index (χ0n) is 44.1. The van der Waals surface area contributed by atoms with Gasteiger partial charge >= 0.3 is 5.97 Å². The molecule has 5 aliphatic rings. The summed E-state index contributed by atoms with van der Waals surface area (Å²) in [4.78, 5) is 72.5. The summed E-state index contributed by atoms with van der Waals surface area (Å²) < 4.78 is 36.7.